The molecule has 0 atom stereocenters. The number of nitrogens with zero attached hydrogens (tertiary/aromatic N) is 1. The van der Waals surface area contributed by atoms with E-state index in [1.165, 1.54) is 4.90 Å². The lowest BCUT2D eigenvalue weighted by Gasteiger charge is -2.29. The van der Waals surface area contributed by atoms with E-state index in [-0.39, 0.29) is 12.3 Å². The molecule has 0 aromatic carbocycles. The summed E-state index contributed by atoms with van der Waals surface area (Å²) in [6.45, 7) is 3.63. The first-order chi connectivity index (χ1) is 7.22. The van der Waals surface area contributed by atoms with Gasteiger partial charge in [-0.3, -0.25) is 4.79 Å². The zero-order valence-corrected chi connectivity index (χ0v) is 10.5. The van der Waals surface area contributed by atoms with Gasteiger partial charge in [0.05, 0.1) is 17.6 Å². The first-order valence-electron chi connectivity index (χ1n) is 5.91. The molecule has 1 fully saturated rings. The second-order valence-electron chi connectivity index (χ2n) is 5.67. The number of hydrogen-bond acceptors (Lipinski definition) is 3. The van der Waals surface area contributed by atoms with E-state index in [0.29, 0.717) is 6.54 Å². The summed E-state index contributed by atoms with van der Waals surface area (Å²) >= 11 is 0. The van der Waals surface area contributed by atoms with Crippen molar-refractivity contribution < 1.29 is 15.0 Å². The summed E-state index contributed by atoms with van der Waals surface area (Å²) in [7, 11) is 1.67. The highest BCUT2D eigenvalue weighted by molar-refractivity contribution is 5.77. The van der Waals surface area contributed by atoms with E-state index in [0.717, 1.165) is 25.7 Å². The normalized spacial score (nSPS) is 19.8. The minimum atomic E-state index is -0.886. The van der Waals surface area contributed by atoms with Gasteiger partial charge in [0.1, 0.15) is 0 Å². The minimum absolute atomic E-state index is 0.0912. The predicted molar refractivity (Wildman–Crippen MR) is 62.0 cm³/mol. The summed E-state index contributed by atoms with van der Waals surface area (Å²) in [6.07, 6.45) is 3.61. The van der Waals surface area contributed by atoms with Gasteiger partial charge in [-0.1, -0.05) is 12.8 Å². The molecule has 4 nitrogen and oxygen atoms in total. The first-order valence-corrected chi connectivity index (χ1v) is 5.91. The molecule has 1 rings (SSSR count). The van der Waals surface area contributed by atoms with Crippen molar-refractivity contribution in [3.8, 4) is 0 Å². The molecule has 0 unspecified atom stereocenters. The Balaban J connectivity index is 2.45. The Hall–Kier alpha value is -0.610. The average molecular weight is 229 g/mol. The van der Waals surface area contributed by atoms with Gasteiger partial charge in [0.15, 0.2) is 0 Å². The summed E-state index contributed by atoms with van der Waals surface area (Å²) < 4.78 is 0. The number of rotatable bonds is 4. The first kappa shape index (κ1) is 13.5. The molecule has 1 aliphatic carbocycles. The highest BCUT2D eigenvalue weighted by Gasteiger charge is 2.34. The van der Waals surface area contributed by atoms with Crippen molar-refractivity contribution in [2.75, 3.05) is 13.6 Å². The van der Waals surface area contributed by atoms with Gasteiger partial charge in [0.2, 0.25) is 5.91 Å². The molecule has 0 heterocycles. The SMILES string of the molecule is CN(CC(C)(C)O)C(=O)CC1(O)CCCC1. The molecule has 0 aliphatic heterocycles. The van der Waals surface area contributed by atoms with Gasteiger partial charge in [-0.15, -0.1) is 0 Å². The van der Waals surface area contributed by atoms with E-state index in [1.807, 2.05) is 0 Å². The summed E-state index contributed by atoms with van der Waals surface area (Å²) in [5, 5.41) is 19.7. The lowest BCUT2D eigenvalue weighted by Crippen LogP contribution is -2.42. The van der Waals surface area contributed by atoms with Gasteiger partial charge in [-0.2, -0.15) is 0 Å². The monoisotopic (exact) mass is 229 g/mol. The van der Waals surface area contributed by atoms with Crippen molar-refractivity contribution in [2.24, 2.45) is 0 Å². The molecule has 0 saturated heterocycles. The van der Waals surface area contributed by atoms with Crippen LogP contribution in [0.15, 0.2) is 0 Å². The third-order valence-corrected chi connectivity index (χ3v) is 3.06. The molecule has 1 aliphatic rings. The van der Waals surface area contributed by atoms with Crippen molar-refractivity contribution >= 4 is 5.91 Å². The zero-order valence-electron chi connectivity index (χ0n) is 10.5. The van der Waals surface area contributed by atoms with E-state index in [1.54, 1.807) is 20.9 Å². The minimum Gasteiger partial charge on any atom is -0.389 e. The van der Waals surface area contributed by atoms with Crippen LogP contribution in [0.2, 0.25) is 0 Å². The lowest BCUT2D eigenvalue weighted by molar-refractivity contribution is -0.137. The number of carbonyl (C=O) groups excluding carboxylic acids is 1. The number of aliphatic hydroxyl groups is 2. The van der Waals surface area contributed by atoms with Gasteiger partial charge in [0, 0.05) is 13.6 Å². The van der Waals surface area contributed by atoms with Crippen LogP contribution in [-0.4, -0.2) is 45.8 Å². The van der Waals surface area contributed by atoms with Crippen LogP contribution in [0.25, 0.3) is 0 Å². The third kappa shape index (κ3) is 4.10. The number of carbonyl (C=O) groups is 1. The molecular weight excluding hydrogens is 206 g/mol. The van der Waals surface area contributed by atoms with Gasteiger partial charge >= 0.3 is 0 Å². The van der Waals surface area contributed by atoms with Crippen LogP contribution < -0.4 is 0 Å². The maximum Gasteiger partial charge on any atom is 0.225 e. The summed E-state index contributed by atoms with van der Waals surface area (Å²) in [6, 6.07) is 0. The molecule has 94 valence electrons. The van der Waals surface area contributed by atoms with Crippen LogP contribution in [-0.2, 0) is 4.79 Å². The Morgan fingerprint density at radius 2 is 1.88 bits per heavy atom. The molecule has 0 aromatic rings. The Labute approximate surface area is 97.3 Å². The van der Waals surface area contributed by atoms with E-state index in [9.17, 15) is 15.0 Å². The van der Waals surface area contributed by atoms with E-state index < -0.39 is 11.2 Å². The highest BCUT2D eigenvalue weighted by atomic mass is 16.3. The Kier molecular flexibility index (Phi) is 3.97. The molecule has 1 amide bonds. The van der Waals surface area contributed by atoms with Crippen LogP contribution in [0, 0.1) is 0 Å². The Morgan fingerprint density at radius 1 is 1.38 bits per heavy atom. The molecule has 2 N–H and O–H groups in total. The number of amides is 1. The molecule has 0 aromatic heterocycles. The van der Waals surface area contributed by atoms with E-state index >= 15 is 0 Å². The van der Waals surface area contributed by atoms with Crippen LogP contribution in [0.1, 0.15) is 46.0 Å². The molecule has 0 radical (unpaired) electrons. The van der Waals surface area contributed by atoms with Crippen molar-refractivity contribution in [1.82, 2.24) is 4.90 Å². The summed E-state index contributed by atoms with van der Waals surface area (Å²) in [5.41, 5.74) is -1.69. The number of hydrogen-bond donors (Lipinski definition) is 2. The van der Waals surface area contributed by atoms with Crippen molar-refractivity contribution in [3.63, 3.8) is 0 Å². The van der Waals surface area contributed by atoms with Gasteiger partial charge in [-0.05, 0) is 26.7 Å². The smallest absolute Gasteiger partial charge is 0.225 e. The second-order valence-corrected chi connectivity index (χ2v) is 5.67. The van der Waals surface area contributed by atoms with Gasteiger partial charge in [0.25, 0.3) is 0 Å². The molecule has 16 heavy (non-hydrogen) atoms. The van der Waals surface area contributed by atoms with Crippen LogP contribution >= 0.6 is 0 Å². The molecule has 0 spiro atoms. The van der Waals surface area contributed by atoms with Crippen molar-refractivity contribution in [2.45, 2.75) is 57.2 Å². The quantitative estimate of drug-likeness (QED) is 0.753. The highest BCUT2D eigenvalue weighted by Crippen LogP contribution is 2.32. The van der Waals surface area contributed by atoms with E-state index in [4.69, 9.17) is 0 Å². The van der Waals surface area contributed by atoms with Crippen molar-refractivity contribution in [1.29, 1.82) is 0 Å². The third-order valence-electron chi connectivity index (χ3n) is 3.06. The maximum atomic E-state index is 11.8. The fraction of sp³-hybridized carbons (Fsp3) is 0.917. The molecule has 0 bridgehead atoms. The Morgan fingerprint density at radius 3 is 2.31 bits per heavy atom. The largest absolute Gasteiger partial charge is 0.389 e. The molecule has 4 heteroatoms. The topological polar surface area (TPSA) is 60.8 Å². The molecule has 1 saturated carbocycles. The van der Waals surface area contributed by atoms with E-state index in [2.05, 4.69) is 0 Å². The number of likely N-dealkylation sites (N-methyl/N-ethyl adjacent to an activating group) is 1. The molecular formula is C12H23NO3. The van der Waals surface area contributed by atoms with Crippen LogP contribution in [0.3, 0.4) is 0 Å². The second kappa shape index (κ2) is 4.72. The average Bonchev–Trinajstić information content (AvgIpc) is 2.48. The van der Waals surface area contributed by atoms with Gasteiger partial charge < -0.3 is 15.1 Å². The lowest BCUT2D eigenvalue weighted by atomic mass is 9.97. The summed E-state index contributed by atoms with van der Waals surface area (Å²) in [5.74, 6) is -0.0912. The fourth-order valence-electron chi connectivity index (χ4n) is 2.29. The standard InChI is InChI=1S/C12H23NO3/c1-11(2,15)9-13(3)10(14)8-12(16)6-4-5-7-12/h15-16H,4-9H2,1-3H3. The fourth-order valence-corrected chi connectivity index (χ4v) is 2.29. The van der Waals surface area contributed by atoms with Gasteiger partial charge in [-0.25, -0.2) is 0 Å². The predicted octanol–water partition coefficient (Wildman–Crippen LogP) is 0.911. The van der Waals surface area contributed by atoms with Crippen molar-refractivity contribution in [3.05, 3.63) is 0 Å². The van der Waals surface area contributed by atoms with Crippen LogP contribution in [0.5, 0.6) is 0 Å². The Bertz CT molecular complexity index is 251. The zero-order chi connectivity index (χ0) is 12.4. The van der Waals surface area contributed by atoms with Crippen LogP contribution in [0.4, 0.5) is 0 Å². The summed E-state index contributed by atoms with van der Waals surface area (Å²) in [4.78, 5) is 13.3. The maximum absolute atomic E-state index is 11.8.